The van der Waals surface area contributed by atoms with E-state index in [2.05, 4.69) is 15.9 Å². The molecule has 0 saturated heterocycles. The third-order valence-corrected chi connectivity index (χ3v) is 2.82. The van der Waals surface area contributed by atoms with Crippen molar-refractivity contribution in [3.05, 3.63) is 58.0 Å². The third kappa shape index (κ3) is 2.18. The van der Waals surface area contributed by atoms with Crippen LogP contribution in [0, 0.1) is 12.1 Å². The van der Waals surface area contributed by atoms with E-state index < -0.39 is 0 Å². The summed E-state index contributed by atoms with van der Waals surface area (Å²) < 4.78 is 1.87. The maximum Gasteiger partial charge on any atom is 0.183 e. The molecule has 0 atom stereocenters. The lowest BCUT2D eigenvalue weighted by Crippen LogP contribution is -2.24. The topological polar surface area (TPSA) is 26.9 Å². The molecule has 3 heteroatoms. The Balaban J connectivity index is 2.49. The molecule has 0 spiro atoms. The number of hydrogen-bond donors (Lipinski definition) is 0. The highest BCUT2D eigenvalue weighted by Gasteiger charge is 2.04. The molecule has 0 N–H and O–H groups in total. The Kier molecular flexibility index (Phi) is 2.73. The molecule has 1 aromatic carbocycles. The molecule has 15 heavy (non-hydrogen) atoms. The summed E-state index contributed by atoms with van der Waals surface area (Å²) in [4.78, 5) is 0. The number of pyridine rings is 1. The molecule has 0 saturated carbocycles. The van der Waals surface area contributed by atoms with Crippen molar-refractivity contribution in [3.8, 4) is 11.1 Å². The molecule has 2 rings (SSSR count). The lowest BCUT2D eigenvalue weighted by atomic mass is 10.0. The second-order valence-electron chi connectivity index (χ2n) is 3.41. The van der Waals surface area contributed by atoms with Crippen LogP contribution in [0.25, 0.3) is 11.1 Å². The largest absolute Gasteiger partial charge is 0.619 e. The number of aromatic nitrogens is 1. The average Bonchev–Trinajstić information content (AvgIpc) is 2.20. The zero-order chi connectivity index (χ0) is 10.8. The van der Waals surface area contributed by atoms with Gasteiger partial charge < -0.3 is 5.21 Å². The zero-order valence-corrected chi connectivity index (χ0v) is 9.86. The number of halogens is 1. The van der Waals surface area contributed by atoms with Crippen LogP contribution in [-0.2, 0) is 0 Å². The first-order valence-corrected chi connectivity index (χ1v) is 5.41. The molecule has 2 aromatic rings. The van der Waals surface area contributed by atoms with Crippen molar-refractivity contribution < 1.29 is 4.73 Å². The summed E-state index contributed by atoms with van der Waals surface area (Å²) in [5, 5.41) is 11.0. The quantitative estimate of drug-likeness (QED) is 0.574. The van der Waals surface area contributed by atoms with E-state index in [-0.39, 0.29) is 0 Å². The van der Waals surface area contributed by atoms with E-state index in [4.69, 9.17) is 0 Å². The van der Waals surface area contributed by atoms with Gasteiger partial charge >= 0.3 is 0 Å². The number of rotatable bonds is 1. The van der Waals surface area contributed by atoms with Crippen molar-refractivity contribution in [2.75, 3.05) is 0 Å². The second kappa shape index (κ2) is 4.03. The minimum atomic E-state index is 0.817. The van der Waals surface area contributed by atoms with Crippen molar-refractivity contribution in [1.82, 2.24) is 0 Å². The summed E-state index contributed by atoms with van der Waals surface area (Å²) in [5.74, 6) is 0. The molecule has 0 fully saturated rings. The Morgan fingerprint density at radius 3 is 2.40 bits per heavy atom. The van der Waals surface area contributed by atoms with Crippen LogP contribution in [0.1, 0.15) is 5.56 Å². The Hall–Kier alpha value is -1.35. The van der Waals surface area contributed by atoms with Crippen LogP contribution in [0.2, 0.25) is 0 Å². The lowest BCUT2D eigenvalue weighted by molar-refractivity contribution is -0.605. The van der Waals surface area contributed by atoms with Gasteiger partial charge in [-0.3, -0.25) is 0 Å². The predicted octanol–water partition coefficient (Wildman–Crippen LogP) is 3.06. The number of benzene rings is 1. The zero-order valence-electron chi connectivity index (χ0n) is 8.27. The summed E-state index contributed by atoms with van der Waals surface area (Å²) in [6.07, 6.45) is 3.10. The summed E-state index contributed by atoms with van der Waals surface area (Å²) in [7, 11) is 0. The molecule has 1 aromatic heterocycles. The first-order chi connectivity index (χ1) is 7.16. The van der Waals surface area contributed by atoms with Crippen molar-refractivity contribution in [3.63, 3.8) is 0 Å². The molecular weight excluding hydrogens is 254 g/mol. The Labute approximate surface area is 96.9 Å². The van der Waals surface area contributed by atoms with E-state index in [9.17, 15) is 5.21 Å². The van der Waals surface area contributed by atoms with Gasteiger partial charge in [0.25, 0.3) is 0 Å². The molecule has 0 radical (unpaired) electrons. The summed E-state index contributed by atoms with van der Waals surface area (Å²) in [6.45, 7) is 1.94. The second-order valence-corrected chi connectivity index (χ2v) is 4.32. The van der Waals surface area contributed by atoms with Crippen LogP contribution >= 0.6 is 15.9 Å². The van der Waals surface area contributed by atoms with Gasteiger partial charge in [-0.15, -0.1) is 0 Å². The fraction of sp³-hybridized carbons (Fsp3) is 0.0833. The molecule has 0 bridgehead atoms. The number of nitrogens with zero attached hydrogens (tertiary/aromatic N) is 1. The predicted molar refractivity (Wildman–Crippen MR) is 63.3 cm³/mol. The van der Waals surface area contributed by atoms with Crippen LogP contribution in [0.5, 0.6) is 0 Å². The molecule has 1 heterocycles. The molecule has 0 aliphatic heterocycles. The highest BCUT2D eigenvalue weighted by molar-refractivity contribution is 9.10. The van der Waals surface area contributed by atoms with Crippen molar-refractivity contribution >= 4 is 15.9 Å². The molecule has 2 nitrogen and oxygen atoms in total. The van der Waals surface area contributed by atoms with E-state index >= 15 is 0 Å². The average molecular weight is 264 g/mol. The van der Waals surface area contributed by atoms with Crippen molar-refractivity contribution in [2.24, 2.45) is 0 Å². The fourth-order valence-corrected chi connectivity index (χ4v) is 1.80. The summed E-state index contributed by atoms with van der Waals surface area (Å²) in [5.41, 5.74) is 3.20. The van der Waals surface area contributed by atoms with Crippen LogP contribution in [-0.4, -0.2) is 0 Å². The first-order valence-electron chi connectivity index (χ1n) is 4.62. The molecule has 0 unspecified atom stereocenters. The van der Waals surface area contributed by atoms with E-state index in [1.807, 2.05) is 37.3 Å². The van der Waals surface area contributed by atoms with Crippen LogP contribution in [0.3, 0.4) is 0 Å². The minimum absolute atomic E-state index is 0.817. The smallest absolute Gasteiger partial charge is 0.183 e. The van der Waals surface area contributed by atoms with Crippen LogP contribution in [0.15, 0.2) is 47.2 Å². The Morgan fingerprint density at radius 2 is 1.80 bits per heavy atom. The highest BCUT2D eigenvalue weighted by Crippen LogP contribution is 2.23. The Bertz CT molecular complexity index is 479. The standard InChI is InChI=1S/C12H10BrNO/c1-9-8-14(15)7-6-12(9)10-2-4-11(13)5-3-10/h2-8H,1H3. The minimum Gasteiger partial charge on any atom is -0.619 e. The summed E-state index contributed by atoms with van der Waals surface area (Å²) in [6, 6.07) is 9.88. The molecular formula is C12H10BrNO. The van der Waals surface area contributed by atoms with E-state index in [1.165, 1.54) is 6.20 Å². The van der Waals surface area contributed by atoms with E-state index in [1.54, 1.807) is 6.20 Å². The van der Waals surface area contributed by atoms with E-state index in [0.29, 0.717) is 0 Å². The molecule has 0 aliphatic rings. The number of aryl methyl sites for hydroxylation is 1. The van der Waals surface area contributed by atoms with E-state index in [0.717, 1.165) is 25.9 Å². The normalized spacial score (nSPS) is 10.3. The highest BCUT2D eigenvalue weighted by atomic mass is 79.9. The monoisotopic (exact) mass is 263 g/mol. The van der Waals surface area contributed by atoms with Gasteiger partial charge in [-0.2, -0.15) is 4.73 Å². The molecule has 0 aliphatic carbocycles. The van der Waals surface area contributed by atoms with Crippen LogP contribution < -0.4 is 4.73 Å². The van der Waals surface area contributed by atoms with Gasteiger partial charge in [0, 0.05) is 16.1 Å². The maximum atomic E-state index is 11.0. The van der Waals surface area contributed by atoms with Gasteiger partial charge in [-0.25, -0.2) is 0 Å². The van der Waals surface area contributed by atoms with Gasteiger partial charge in [0.15, 0.2) is 12.4 Å². The molecule has 76 valence electrons. The SMILES string of the molecule is Cc1c[n+]([O-])ccc1-c1ccc(Br)cc1. The summed E-state index contributed by atoms with van der Waals surface area (Å²) >= 11 is 3.39. The first kappa shape index (κ1) is 10.2. The van der Waals surface area contributed by atoms with Crippen molar-refractivity contribution in [2.45, 2.75) is 6.92 Å². The van der Waals surface area contributed by atoms with Gasteiger partial charge in [0.2, 0.25) is 0 Å². The van der Waals surface area contributed by atoms with Gasteiger partial charge in [-0.05, 0) is 30.2 Å². The van der Waals surface area contributed by atoms with Gasteiger partial charge in [0.05, 0.1) is 0 Å². The number of hydrogen-bond acceptors (Lipinski definition) is 1. The third-order valence-electron chi connectivity index (χ3n) is 2.29. The maximum absolute atomic E-state index is 11.0. The van der Waals surface area contributed by atoms with Crippen LogP contribution in [0.4, 0.5) is 0 Å². The molecule has 0 amide bonds. The van der Waals surface area contributed by atoms with Gasteiger partial charge in [-0.1, -0.05) is 28.1 Å². The Morgan fingerprint density at radius 1 is 1.13 bits per heavy atom. The lowest BCUT2D eigenvalue weighted by Gasteiger charge is -2.05. The van der Waals surface area contributed by atoms with Crippen molar-refractivity contribution in [1.29, 1.82) is 0 Å². The fourth-order valence-electron chi connectivity index (χ4n) is 1.54. The van der Waals surface area contributed by atoms with Gasteiger partial charge in [0.1, 0.15) is 0 Å².